The second kappa shape index (κ2) is 6.46. The molecule has 120 valence electrons. The summed E-state index contributed by atoms with van der Waals surface area (Å²) in [6.45, 7) is 0. The van der Waals surface area contributed by atoms with Crippen molar-refractivity contribution in [1.29, 1.82) is 0 Å². The molecule has 0 saturated heterocycles. The molecule has 1 aromatic heterocycles. The highest BCUT2D eigenvalue weighted by Gasteiger charge is 2.12. The van der Waals surface area contributed by atoms with Crippen molar-refractivity contribution in [2.45, 2.75) is 0 Å². The Balaban J connectivity index is 1.79. The van der Waals surface area contributed by atoms with Crippen LogP contribution in [0.1, 0.15) is 15.9 Å². The van der Waals surface area contributed by atoms with Crippen LogP contribution < -0.4 is 0 Å². The zero-order valence-electron chi connectivity index (χ0n) is 13.2. The lowest BCUT2D eigenvalue weighted by Gasteiger charge is -2.07. The fourth-order valence-corrected chi connectivity index (χ4v) is 2.92. The van der Waals surface area contributed by atoms with Crippen LogP contribution >= 0.6 is 11.6 Å². The third-order valence-corrected chi connectivity index (χ3v) is 4.30. The van der Waals surface area contributed by atoms with Gasteiger partial charge in [-0.3, -0.25) is 4.79 Å². The molecule has 0 saturated carbocycles. The molecule has 0 spiro atoms. The number of carbonyl (C=O) groups excluding carboxylic acids is 1. The number of fused-ring (bicyclic) bond motifs is 1. The number of carbonyl (C=O) groups is 1. The first-order valence-corrected chi connectivity index (χ1v) is 8.20. The minimum atomic E-state index is -0.0570. The Morgan fingerprint density at radius 1 is 0.800 bits per heavy atom. The standard InChI is InChI=1S/C21H13ClN2O/c22-17-9-6-15(7-10-17)21(25)16-8-11-18-19(12-16)23-13-24-20(18)14-4-2-1-3-5-14/h1-13H. The predicted molar refractivity (Wildman–Crippen MR) is 99.9 cm³/mol. The monoisotopic (exact) mass is 344 g/mol. The van der Waals surface area contributed by atoms with Gasteiger partial charge in [-0.05, 0) is 36.4 Å². The van der Waals surface area contributed by atoms with Crippen molar-refractivity contribution in [1.82, 2.24) is 9.97 Å². The molecule has 4 rings (SSSR count). The van der Waals surface area contributed by atoms with E-state index in [1.165, 1.54) is 6.33 Å². The molecule has 0 fully saturated rings. The van der Waals surface area contributed by atoms with Crippen molar-refractivity contribution >= 4 is 28.3 Å². The molecule has 25 heavy (non-hydrogen) atoms. The molecule has 0 aliphatic carbocycles. The van der Waals surface area contributed by atoms with Gasteiger partial charge in [-0.25, -0.2) is 9.97 Å². The second-order valence-corrected chi connectivity index (χ2v) is 6.09. The van der Waals surface area contributed by atoms with E-state index >= 15 is 0 Å². The second-order valence-electron chi connectivity index (χ2n) is 5.66. The average molecular weight is 345 g/mol. The molecule has 1 heterocycles. The number of halogens is 1. The summed E-state index contributed by atoms with van der Waals surface area (Å²) in [5, 5.41) is 1.52. The van der Waals surface area contributed by atoms with Gasteiger partial charge in [-0.2, -0.15) is 0 Å². The Bertz CT molecular complexity index is 1060. The zero-order chi connectivity index (χ0) is 17.2. The van der Waals surface area contributed by atoms with Crippen LogP contribution in [0.15, 0.2) is 79.1 Å². The van der Waals surface area contributed by atoms with Gasteiger partial charge in [0.1, 0.15) is 6.33 Å². The molecule has 3 nitrogen and oxygen atoms in total. The summed E-state index contributed by atoms with van der Waals surface area (Å²) in [6.07, 6.45) is 1.53. The number of aromatic nitrogens is 2. The average Bonchev–Trinajstić information content (AvgIpc) is 2.68. The molecule has 0 unspecified atom stereocenters. The molecule has 4 heteroatoms. The number of hydrogen-bond donors (Lipinski definition) is 0. The minimum absolute atomic E-state index is 0.0570. The van der Waals surface area contributed by atoms with Crippen LogP contribution in [0.25, 0.3) is 22.2 Å². The molecule has 0 aliphatic heterocycles. The molecule has 4 aromatic rings. The predicted octanol–water partition coefficient (Wildman–Crippen LogP) is 5.18. The van der Waals surface area contributed by atoms with Gasteiger partial charge >= 0.3 is 0 Å². The summed E-state index contributed by atoms with van der Waals surface area (Å²) in [4.78, 5) is 21.4. The fraction of sp³-hybridized carbons (Fsp3) is 0. The van der Waals surface area contributed by atoms with E-state index in [4.69, 9.17) is 11.6 Å². The summed E-state index contributed by atoms with van der Waals surface area (Å²) >= 11 is 5.89. The Labute approximate surface area is 149 Å². The Morgan fingerprint density at radius 2 is 1.52 bits per heavy atom. The minimum Gasteiger partial charge on any atom is -0.289 e. The third-order valence-electron chi connectivity index (χ3n) is 4.05. The molecule has 0 bridgehead atoms. The quantitative estimate of drug-likeness (QED) is 0.481. The molecule has 0 atom stereocenters. The first kappa shape index (κ1) is 15.5. The van der Waals surface area contributed by atoms with Gasteiger partial charge in [-0.15, -0.1) is 0 Å². The van der Waals surface area contributed by atoms with Crippen molar-refractivity contribution in [3.8, 4) is 11.3 Å². The number of benzene rings is 3. The highest BCUT2D eigenvalue weighted by atomic mass is 35.5. The Hall–Kier alpha value is -3.04. The van der Waals surface area contributed by atoms with Crippen molar-refractivity contribution in [2.24, 2.45) is 0 Å². The van der Waals surface area contributed by atoms with E-state index in [2.05, 4.69) is 9.97 Å². The number of nitrogens with zero attached hydrogens (tertiary/aromatic N) is 2. The van der Waals surface area contributed by atoms with E-state index in [1.54, 1.807) is 30.3 Å². The van der Waals surface area contributed by atoms with E-state index in [-0.39, 0.29) is 5.78 Å². The molecule has 0 N–H and O–H groups in total. The van der Waals surface area contributed by atoms with E-state index in [9.17, 15) is 4.79 Å². The maximum Gasteiger partial charge on any atom is 0.193 e. The van der Waals surface area contributed by atoms with Gasteiger partial charge in [-0.1, -0.05) is 48.0 Å². The normalized spacial score (nSPS) is 10.8. The fourth-order valence-electron chi connectivity index (χ4n) is 2.79. The number of rotatable bonds is 3. The van der Waals surface area contributed by atoms with E-state index < -0.39 is 0 Å². The van der Waals surface area contributed by atoms with Crippen LogP contribution in [-0.2, 0) is 0 Å². The zero-order valence-corrected chi connectivity index (χ0v) is 13.9. The molecular weight excluding hydrogens is 332 g/mol. The van der Waals surface area contributed by atoms with Gasteiger partial charge < -0.3 is 0 Å². The first-order valence-electron chi connectivity index (χ1n) is 7.83. The van der Waals surface area contributed by atoms with Gasteiger partial charge in [0.2, 0.25) is 0 Å². The van der Waals surface area contributed by atoms with Gasteiger partial charge in [0, 0.05) is 27.1 Å². The summed E-state index contributed by atoms with van der Waals surface area (Å²) < 4.78 is 0. The molecule has 0 radical (unpaired) electrons. The van der Waals surface area contributed by atoms with Crippen LogP contribution in [0, 0.1) is 0 Å². The lowest BCUT2D eigenvalue weighted by molar-refractivity contribution is 0.103. The molecule has 3 aromatic carbocycles. The first-order chi connectivity index (χ1) is 12.2. The van der Waals surface area contributed by atoms with Crippen LogP contribution in [-0.4, -0.2) is 15.8 Å². The van der Waals surface area contributed by atoms with E-state index in [0.29, 0.717) is 16.1 Å². The highest BCUT2D eigenvalue weighted by Crippen LogP contribution is 2.26. The Kier molecular flexibility index (Phi) is 4.00. The summed E-state index contributed by atoms with van der Waals surface area (Å²) in [6, 6.07) is 22.3. The Morgan fingerprint density at radius 3 is 2.28 bits per heavy atom. The van der Waals surface area contributed by atoms with Gasteiger partial charge in [0.25, 0.3) is 0 Å². The lowest BCUT2D eigenvalue weighted by atomic mass is 10.00. The topological polar surface area (TPSA) is 42.9 Å². The highest BCUT2D eigenvalue weighted by molar-refractivity contribution is 6.30. The maximum absolute atomic E-state index is 12.7. The number of hydrogen-bond acceptors (Lipinski definition) is 3. The van der Waals surface area contributed by atoms with Gasteiger partial charge in [0.15, 0.2) is 5.78 Å². The van der Waals surface area contributed by atoms with Gasteiger partial charge in [0.05, 0.1) is 11.2 Å². The van der Waals surface area contributed by atoms with Crippen molar-refractivity contribution in [3.05, 3.63) is 95.3 Å². The van der Waals surface area contributed by atoms with Crippen molar-refractivity contribution < 1.29 is 4.79 Å². The largest absolute Gasteiger partial charge is 0.289 e. The van der Waals surface area contributed by atoms with Crippen molar-refractivity contribution in [3.63, 3.8) is 0 Å². The summed E-state index contributed by atoms with van der Waals surface area (Å²) in [7, 11) is 0. The van der Waals surface area contributed by atoms with E-state index in [0.717, 1.165) is 22.2 Å². The SMILES string of the molecule is O=C(c1ccc(Cl)cc1)c1ccc2c(-c3ccccc3)ncnc2c1. The van der Waals surface area contributed by atoms with Crippen LogP contribution in [0.2, 0.25) is 5.02 Å². The summed E-state index contributed by atoms with van der Waals surface area (Å²) in [5.74, 6) is -0.0570. The van der Waals surface area contributed by atoms with Crippen LogP contribution in [0.3, 0.4) is 0 Å². The maximum atomic E-state index is 12.7. The number of ketones is 1. The summed E-state index contributed by atoms with van der Waals surface area (Å²) in [5.41, 5.74) is 3.81. The smallest absolute Gasteiger partial charge is 0.193 e. The van der Waals surface area contributed by atoms with E-state index in [1.807, 2.05) is 42.5 Å². The molecule has 0 aliphatic rings. The van der Waals surface area contributed by atoms with Crippen LogP contribution in [0.4, 0.5) is 0 Å². The molecule has 0 amide bonds. The lowest BCUT2D eigenvalue weighted by Crippen LogP contribution is -2.01. The van der Waals surface area contributed by atoms with Crippen molar-refractivity contribution in [2.75, 3.05) is 0 Å². The third kappa shape index (κ3) is 3.02. The molecular formula is C21H13ClN2O. The van der Waals surface area contributed by atoms with Crippen LogP contribution in [0.5, 0.6) is 0 Å².